The number of benzene rings is 1. The molecule has 0 radical (unpaired) electrons. The fourth-order valence-corrected chi connectivity index (χ4v) is 3.11. The van der Waals surface area contributed by atoms with Gasteiger partial charge >= 0.3 is 0 Å². The Balaban J connectivity index is 1.90. The Morgan fingerprint density at radius 1 is 1.22 bits per heavy atom. The van der Waals surface area contributed by atoms with Crippen LogP contribution in [0.2, 0.25) is 10.0 Å². The third-order valence-electron chi connectivity index (χ3n) is 4.61. The first-order valence-electron chi connectivity index (χ1n) is 7.95. The molecule has 3 nitrogen and oxygen atoms in total. The number of rotatable bonds is 6. The number of amides is 1. The Bertz CT molecular complexity index is 580. The van der Waals surface area contributed by atoms with E-state index in [1.54, 1.807) is 12.1 Å². The highest BCUT2D eigenvalue weighted by Crippen LogP contribution is 2.23. The minimum absolute atomic E-state index is 0.0993. The van der Waals surface area contributed by atoms with Crippen LogP contribution in [-0.4, -0.2) is 48.4 Å². The van der Waals surface area contributed by atoms with Crippen molar-refractivity contribution in [2.75, 3.05) is 26.7 Å². The second-order valence-electron chi connectivity index (χ2n) is 6.34. The van der Waals surface area contributed by atoms with Crippen LogP contribution in [0.25, 0.3) is 0 Å². The number of halogens is 2. The van der Waals surface area contributed by atoms with Gasteiger partial charge in [0.15, 0.2) is 0 Å². The third-order valence-corrected chi connectivity index (χ3v) is 5.35. The van der Waals surface area contributed by atoms with Crippen molar-refractivity contribution < 1.29 is 4.79 Å². The van der Waals surface area contributed by atoms with Crippen molar-refractivity contribution in [3.63, 3.8) is 0 Å². The van der Waals surface area contributed by atoms with Gasteiger partial charge in [0.2, 0.25) is 5.91 Å². The van der Waals surface area contributed by atoms with E-state index in [-0.39, 0.29) is 11.9 Å². The summed E-state index contributed by atoms with van der Waals surface area (Å²) in [5, 5.41) is 1.00. The normalized spacial score (nSPS) is 17.3. The van der Waals surface area contributed by atoms with Gasteiger partial charge in [-0.05, 0) is 30.5 Å². The van der Waals surface area contributed by atoms with E-state index in [9.17, 15) is 4.79 Å². The van der Waals surface area contributed by atoms with Crippen LogP contribution < -0.4 is 0 Å². The number of carbonyl (C=O) groups excluding carboxylic acids is 1. The molecular formula is C18H24Cl2N2O. The van der Waals surface area contributed by atoms with Crippen molar-refractivity contribution in [2.45, 2.75) is 26.3 Å². The van der Waals surface area contributed by atoms with Gasteiger partial charge in [0, 0.05) is 32.7 Å². The molecule has 0 fully saturated rings. The maximum Gasteiger partial charge on any atom is 0.226 e. The lowest BCUT2D eigenvalue weighted by Crippen LogP contribution is -2.43. The fraction of sp³-hybridized carbons (Fsp3) is 0.500. The molecular weight excluding hydrogens is 331 g/mol. The quantitative estimate of drug-likeness (QED) is 0.723. The summed E-state index contributed by atoms with van der Waals surface area (Å²) >= 11 is 11.9. The first-order valence-corrected chi connectivity index (χ1v) is 8.71. The van der Waals surface area contributed by atoms with E-state index < -0.39 is 0 Å². The molecule has 1 aromatic rings. The molecule has 1 aromatic carbocycles. The third kappa shape index (κ3) is 4.97. The number of likely N-dealkylation sites (N-methyl/N-ethyl adjacent to an activating group) is 1. The molecule has 0 aromatic heterocycles. The van der Waals surface area contributed by atoms with E-state index >= 15 is 0 Å². The summed E-state index contributed by atoms with van der Waals surface area (Å²) in [7, 11) is 1.88. The van der Waals surface area contributed by atoms with Gasteiger partial charge in [-0.25, -0.2) is 0 Å². The van der Waals surface area contributed by atoms with Gasteiger partial charge < -0.3 is 4.90 Å². The molecule has 0 saturated carbocycles. The minimum atomic E-state index is 0.0993. The van der Waals surface area contributed by atoms with E-state index in [1.165, 1.54) is 0 Å². The average molecular weight is 355 g/mol. The largest absolute Gasteiger partial charge is 0.342 e. The van der Waals surface area contributed by atoms with E-state index in [2.05, 4.69) is 30.9 Å². The van der Waals surface area contributed by atoms with Crippen LogP contribution in [0.4, 0.5) is 0 Å². The Morgan fingerprint density at radius 2 is 1.87 bits per heavy atom. The van der Waals surface area contributed by atoms with Crippen LogP contribution in [0.1, 0.15) is 19.4 Å². The fourth-order valence-electron chi connectivity index (χ4n) is 2.79. The van der Waals surface area contributed by atoms with Gasteiger partial charge in [-0.1, -0.05) is 48.3 Å². The molecule has 1 unspecified atom stereocenters. The Kier molecular flexibility index (Phi) is 6.51. The van der Waals surface area contributed by atoms with Gasteiger partial charge in [0.05, 0.1) is 16.5 Å². The smallest absolute Gasteiger partial charge is 0.226 e. The maximum absolute atomic E-state index is 12.5. The molecule has 1 aliphatic rings. The van der Waals surface area contributed by atoms with Crippen LogP contribution in [-0.2, 0) is 11.2 Å². The topological polar surface area (TPSA) is 23.6 Å². The van der Waals surface area contributed by atoms with E-state index in [4.69, 9.17) is 23.2 Å². The van der Waals surface area contributed by atoms with Crippen LogP contribution in [0.15, 0.2) is 30.4 Å². The highest BCUT2D eigenvalue weighted by molar-refractivity contribution is 6.42. The van der Waals surface area contributed by atoms with Crippen molar-refractivity contribution >= 4 is 29.1 Å². The van der Waals surface area contributed by atoms with Crippen molar-refractivity contribution in [1.82, 2.24) is 9.80 Å². The Hall–Kier alpha value is -1.03. The van der Waals surface area contributed by atoms with Gasteiger partial charge in [0.25, 0.3) is 0 Å². The average Bonchev–Trinajstić information content (AvgIpc) is 3.02. The van der Waals surface area contributed by atoms with Crippen LogP contribution in [0, 0.1) is 5.92 Å². The predicted molar refractivity (Wildman–Crippen MR) is 97.1 cm³/mol. The molecule has 23 heavy (non-hydrogen) atoms. The summed E-state index contributed by atoms with van der Waals surface area (Å²) in [5.74, 6) is 0.514. The summed E-state index contributed by atoms with van der Waals surface area (Å²) in [4.78, 5) is 16.7. The van der Waals surface area contributed by atoms with E-state index in [1.807, 2.05) is 18.0 Å². The van der Waals surface area contributed by atoms with Gasteiger partial charge in [-0.3, -0.25) is 9.69 Å². The number of carbonyl (C=O) groups is 1. The lowest BCUT2D eigenvalue weighted by molar-refractivity contribution is -0.131. The zero-order chi connectivity index (χ0) is 17.0. The highest BCUT2D eigenvalue weighted by Gasteiger charge is 2.23. The van der Waals surface area contributed by atoms with Crippen molar-refractivity contribution in [1.29, 1.82) is 0 Å². The minimum Gasteiger partial charge on any atom is -0.342 e. The van der Waals surface area contributed by atoms with Crippen molar-refractivity contribution in [3.05, 3.63) is 46.0 Å². The molecule has 1 heterocycles. The summed E-state index contributed by atoms with van der Waals surface area (Å²) in [6.07, 6.45) is 4.72. The first kappa shape index (κ1) is 18.3. The molecule has 5 heteroatoms. The summed E-state index contributed by atoms with van der Waals surface area (Å²) in [6.45, 7) is 7.33. The number of nitrogens with zero attached hydrogens (tertiary/aromatic N) is 2. The summed E-state index contributed by atoms with van der Waals surface area (Å²) in [6, 6.07) is 5.54. The molecule has 0 bridgehead atoms. The second-order valence-corrected chi connectivity index (χ2v) is 7.15. The Labute approximate surface area is 148 Å². The van der Waals surface area contributed by atoms with Crippen LogP contribution >= 0.6 is 23.2 Å². The first-order chi connectivity index (χ1) is 10.9. The zero-order valence-electron chi connectivity index (χ0n) is 13.9. The van der Waals surface area contributed by atoms with Crippen LogP contribution in [0.3, 0.4) is 0 Å². The second kappa shape index (κ2) is 8.18. The summed E-state index contributed by atoms with van der Waals surface area (Å²) in [5.41, 5.74) is 0.889. The molecule has 0 saturated heterocycles. The molecule has 0 N–H and O–H groups in total. The van der Waals surface area contributed by atoms with Gasteiger partial charge in [-0.15, -0.1) is 0 Å². The van der Waals surface area contributed by atoms with E-state index in [0.29, 0.717) is 22.4 Å². The van der Waals surface area contributed by atoms with Gasteiger partial charge in [-0.2, -0.15) is 0 Å². The standard InChI is InChI=1S/C18H24Cl2N2O/c1-13(12-22-8-4-5-9-22)14(2)21(3)18(23)11-15-6-7-16(19)17(20)10-15/h4-7,10,13-14H,8-9,11-12H2,1-3H3/t13?,14-/m0/s1. The van der Waals surface area contributed by atoms with Crippen LogP contribution in [0.5, 0.6) is 0 Å². The van der Waals surface area contributed by atoms with Gasteiger partial charge in [0.1, 0.15) is 0 Å². The number of hydrogen-bond acceptors (Lipinski definition) is 2. The number of hydrogen-bond donors (Lipinski definition) is 0. The molecule has 1 aliphatic heterocycles. The SMILES string of the molecule is CC(CN1CC=CC1)[C@H](C)N(C)C(=O)Cc1ccc(Cl)c(Cl)c1. The molecule has 0 spiro atoms. The lowest BCUT2D eigenvalue weighted by atomic mass is 10.0. The summed E-state index contributed by atoms with van der Waals surface area (Å²) < 4.78 is 0. The molecule has 126 valence electrons. The van der Waals surface area contributed by atoms with Crippen molar-refractivity contribution in [2.24, 2.45) is 5.92 Å². The molecule has 2 atom stereocenters. The molecule has 1 amide bonds. The molecule has 0 aliphatic carbocycles. The predicted octanol–water partition coefficient (Wildman–Crippen LogP) is 3.89. The monoisotopic (exact) mass is 354 g/mol. The van der Waals surface area contributed by atoms with Crippen molar-refractivity contribution in [3.8, 4) is 0 Å². The lowest BCUT2D eigenvalue weighted by Gasteiger charge is -2.32. The van der Waals surface area contributed by atoms with E-state index in [0.717, 1.165) is 25.2 Å². The Morgan fingerprint density at radius 3 is 2.48 bits per heavy atom. The highest BCUT2D eigenvalue weighted by atomic mass is 35.5. The molecule has 2 rings (SSSR count). The maximum atomic E-state index is 12.5. The zero-order valence-corrected chi connectivity index (χ0v) is 15.4.